The fourth-order valence-corrected chi connectivity index (χ4v) is 4.71. The molecule has 1 saturated heterocycles. The topological polar surface area (TPSA) is 98.8 Å². The van der Waals surface area contributed by atoms with Gasteiger partial charge in [0.2, 0.25) is 23.6 Å². The Bertz CT molecular complexity index is 1230. The number of halogens is 2. The van der Waals surface area contributed by atoms with E-state index in [1.807, 2.05) is 0 Å². The van der Waals surface area contributed by atoms with Crippen LogP contribution in [-0.2, 0) is 11.2 Å². The third-order valence-electron chi connectivity index (χ3n) is 6.69. The molecule has 0 unspecified atom stereocenters. The summed E-state index contributed by atoms with van der Waals surface area (Å²) in [5, 5.41) is 4.04. The number of rotatable bonds is 10. The summed E-state index contributed by atoms with van der Waals surface area (Å²) in [7, 11) is 0. The summed E-state index contributed by atoms with van der Waals surface area (Å²) < 4.78 is 44.9. The van der Waals surface area contributed by atoms with Gasteiger partial charge in [-0.3, -0.25) is 0 Å². The van der Waals surface area contributed by atoms with E-state index in [2.05, 4.69) is 43.8 Å². The van der Waals surface area contributed by atoms with Crippen LogP contribution in [0.4, 0.5) is 14.7 Å². The predicted molar refractivity (Wildman–Crippen MR) is 137 cm³/mol. The van der Waals surface area contributed by atoms with E-state index in [1.54, 1.807) is 12.4 Å². The summed E-state index contributed by atoms with van der Waals surface area (Å²) in [5.74, 6) is 1.56. The summed E-state index contributed by atoms with van der Waals surface area (Å²) in [4.78, 5) is 19.6. The second-order valence-corrected chi connectivity index (χ2v) is 10.1. The number of benzene rings is 1. The average molecular weight is 527 g/mol. The summed E-state index contributed by atoms with van der Waals surface area (Å²) in [6.45, 7) is 7.09. The van der Waals surface area contributed by atoms with Gasteiger partial charge in [0, 0.05) is 44.0 Å². The first-order chi connectivity index (χ1) is 18.5. The minimum Gasteiger partial charge on any atom is -0.493 e. The Labute approximate surface area is 220 Å². The molecule has 11 heteroatoms. The van der Waals surface area contributed by atoms with E-state index in [-0.39, 0.29) is 17.2 Å². The third-order valence-corrected chi connectivity index (χ3v) is 6.69. The Morgan fingerprint density at radius 1 is 1.11 bits per heavy atom. The molecule has 0 bridgehead atoms. The van der Waals surface area contributed by atoms with Crippen molar-refractivity contribution in [2.75, 3.05) is 37.7 Å². The maximum absolute atomic E-state index is 14.4. The molecule has 2 aliphatic heterocycles. The molecule has 0 amide bonds. The van der Waals surface area contributed by atoms with Crippen molar-refractivity contribution in [1.29, 1.82) is 0 Å². The molecular formula is C27H32F2N6O3. The van der Waals surface area contributed by atoms with Crippen molar-refractivity contribution in [2.24, 2.45) is 16.8 Å². The first-order valence-corrected chi connectivity index (χ1v) is 13.2. The van der Waals surface area contributed by atoms with Crippen molar-refractivity contribution in [3.05, 3.63) is 47.6 Å². The van der Waals surface area contributed by atoms with E-state index < -0.39 is 11.6 Å². The summed E-state index contributed by atoms with van der Waals surface area (Å²) in [5.41, 5.74) is 0.503. The fraction of sp³-hybridized carbons (Fsp3) is 0.519. The highest BCUT2D eigenvalue weighted by atomic mass is 19.1. The molecule has 9 nitrogen and oxygen atoms in total. The van der Waals surface area contributed by atoms with Gasteiger partial charge in [0.25, 0.3) is 0 Å². The Balaban J connectivity index is 1.05. The lowest BCUT2D eigenvalue weighted by Gasteiger charge is -2.32. The molecule has 0 aliphatic carbocycles. The Morgan fingerprint density at radius 3 is 2.50 bits per heavy atom. The molecule has 2 aromatic heterocycles. The van der Waals surface area contributed by atoms with Gasteiger partial charge in [0.15, 0.2) is 0 Å². The molecule has 5 rings (SSSR count). The lowest BCUT2D eigenvalue weighted by molar-refractivity contribution is 0.276. The van der Waals surface area contributed by atoms with E-state index in [0.29, 0.717) is 49.3 Å². The Kier molecular flexibility index (Phi) is 8.09. The minimum absolute atomic E-state index is 0.0157. The Morgan fingerprint density at radius 2 is 1.84 bits per heavy atom. The number of aliphatic imine (C=N–C) groups is 1. The molecule has 3 aromatic rings. The van der Waals surface area contributed by atoms with E-state index in [9.17, 15) is 8.78 Å². The highest BCUT2D eigenvalue weighted by Crippen LogP contribution is 2.26. The molecule has 0 radical (unpaired) electrons. The van der Waals surface area contributed by atoms with Crippen LogP contribution in [0.1, 0.15) is 51.0 Å². The second kappa shape index (κ2) is 11.8. The normalized spacial score (nSPS) is 16.1. The first kappa shape index (κ1) is 26.0. The summed E-state index contributed by atoms with van der Waals surface area (Å²) >= 11 is 0. The number of ether oxygens (including phenoxy) is 2. The number of anilines is 1. The van der Waals surface area contributed by atoms with Gasteiger partial charge in [0.05, 0.1) is 18.7 Å². The molecule has 1 aromatic carbocycles. The van der Waals surface area contributed by atoms with Gasteiger partial charge in [-0.25, -0.2) is 23.7 Å². The largest absolute Gasteiger partial charge is 0.493 e. The lowest BCUT2D eigenvalue weighted by atomic mass is 9.92. The quantitative estimate of drug-likeness (QED) is 0.346. The van der Waals surface area contributed by atoms with Crippen molar-refractivity contribution < 1.29 is 22.8 Å². The van der Waals surface area contributed by atoms with Crippen LogP contribution in [0.2, 0.25) is 0 Å². The maximum atomic E-state index is 14.4. The average Bonchev–Trinajstić information content (AvgIpc) is 3.59. The van der Waals surface area contributed by atoms with Crippen LogP contribution in [0.25, 0.3) is 11.4 Å². The van der Waals surface area contributed by atoms with Crippen molar-refractivity contribution in [2.45, 2.75) is 46.0 Å². The van der Waals surface area contributed by atoms with E-state index in [0.717, 1.165) is 50.8 Å². The molecule has 202 valence electrons. The van der Waals surface area contributed by atoms with Crippen LogP contribution in [0, 0.1) is 23.5 Å². The van der Waals surface area contributed by atoms with E-state index in [1.165, 1.54) is 12.1 Å². The molecule has 0 spiro atoms. The molecule has 38 heavy (non-hydrogen) atoms. The van der Waals surface area contributed by atoms with Crippen LogP contribution < -0.4 is 9.64 Å². The van der Waals surface area contributed by atoms with Crippen molar-refractivity contribution in [3.8, 4) is 17.1 Å². The molecule has 0 atom stereocenters. The van der Waals surface area contributed by atoms with Crippen molar-refractivity contribution >= 4 is 11.8 Å². The van der Waals surface area contributed by atoms with Crippen molar-refractivity contribution in [1.82, 2.24) is 20.1 Å². The zero-order valence-electron chi connectivity index (χ0n) is 21.7. The number of hydrogen-bond donors (Lipinski definition) is 0. The summed E-state index contributed by atoms with van der Waals surface area (Å²) in [6, 6.07) is 2.38. The zero-order valence-corrected chi connectivity index (χ0v) is 21.7. The highest BCUT2D eigenvalue weighted by molar-refractivity contribution is 5.95. The molecule has 0 N–H and O–H groups in total. The summed E-state index contributed by atoms with van der Waals surface area (Å²) in [6.07, 6.45) is 8.05. The molecule has 2 aliphatic rings. The van der Waals surface area contributed by atoms with Gasteiger partial charge >= 0.3 is 0 Å². The predicted octanol–water partition coefficient (Wildman–Crippen LogP) is 4.86. The maximum Gasteiger partial charge on any atom is 0.227 e. The standard InChI is InChI=1S/C27H32F2N6O3/c1-17(2)12-23-33-25(34-38-23)19-15-31-27(32-16-19)35-8-5-18(6-9-35)4-3-10-36-20-13-21(28)24(22(29)14-20)26-30-7-11-37-26/h13-18H,3-12H2,1-2H3. The Hall–Kier alpha value is -3.63. The minimum atomic E-state index is -0.726. The first-order valence-electron chi connectivity index (χ1n) is 13.2. The number of nitrogens with zero attached hydrogens (tertiary/aromatic N) is 6. The van der Waals surface area contributed by atoms with Crippen LogP contribution >= 0.6 is 0 Å². The van der Waals surface area contributed by atoms with E-state index >= 15 is 0 Å². The van der Waals surface area contributed by atoms with Gasteiger partial charge in [-0.05, 0) is 37.5 Å². The van der Waals surface area contributed by atoms with Gasteiger partial charge < -0.3 is 18.9 Å². The smallest absolute Gasteiger partial charge is 0.227 e. The van der Waals surface area contributed by atoms with Gasteiger partial charge in [-0.1, -0.05) is 19.0 Å². The molecular weight excluding hydrogens is 494 g/mol. The number of aromatic nitrogens is 4. The van der Waals surface area contributed by atoms with Gasteiger partial charge in [0.1, 0.15) is 29.6 Å². The third kappa shape index (κ3) is 6.25. The van der Waals surface area contributed by atoms with E-state index in [4.69, 9.17) is 14.0 Å². The monoisotopic (exact) mass is 526 g/mol. The highest BCUT2D eigenvalue weighted by Gasteiger charge is 2.23. The lowest BCUT2D eigenvalue weighted by Crippen LogP contribution is -2.34. The van der Waals surface area contributed by atoms with Crippen LogP contribution in [0.5, 0.6) is 5.75 Å². The number of hydrogen-bond acceptors (Lipinski definition) is 9. The molecule has 0 saturated carbocycles. The fourth-order valence-electron chi connectivity index (χ4n) is 4.71. The van der Waals surface area contributed by atoms with Crippen molar-refractivity contribution in [3.63, 3.8) is 0 Å². The molecule has 1 fully saturated rings. The van der Waals surface area contributed by atoms with Crippen LogP contribution in [0.15, 0.2) is 34.0 Å². The van der Waals surface area contributed by atoms with Crippen LogP contribution in [0.3, 0.4) is 0 Å². The van der Waals surface area contributed by atoms with Gasteiger partial charge in [-0.15, -0.1) is 0 Å². The molecule has 4 heterocycles. The zero-order chi connectivity index (χ0) is 26.5. The number of piperidine rings is 1. The van der Waals surface area contributed by atoms with Gasteiger partial charge in [-0.2, -0.15) is 4.98 Å². The SMILES string of the molecule is CC(C)Cc1nc(-c2cnc(N3CCC(CCCOc4cc(F)c(C5=NCCO5)c(F)c4)CC3)nc2)no1. The second-order valence-electron chi connectivity index (χ2n) is 10.1. The van der Waals surface area contributed by atoms with Crippen LogP contribution in [-0.4, -0.2) is 58.9 Å².